The standard InChI is InChI=1S/C11H23NO4/c1-11(2,15-4)5-7-16-10(13)9-12-6-8-14-3/h12H,5-9H2,1-4H3. The van der Waals surface area contributed by atoms with Crippen molar-refractivity contribution in [2.24, 2.45) is 0 Å². The topological polar surface area (TPSA) is 56.8 Å². The number of carbonyl (C=O) groups is 1. The summed E-state index contributed by atoms with van der Waals surface area (Å²) in [6, 6.07) is 0. The molecule has 0 amide bonds. The highest BCUT2D eigenvalue weighted by Gasteiger charge is 2.16. The molecule has 0 radical (unpaired) electrons. The third-order valence-electron chi connectivity index (χ3n) is 2.27. The van der Waals surface area contributed by atoms with E-state index in [9.17, 15) is 4.79 Å². The fourth-order valence-electron chi connectivity index (χ4n) is 0.928. The first-order valence-corrected chi connectivity index (χ1v) is 5.42. The number of carbonyl (C=O) groups excluding carboxylic acids is 1. The van der Waals surface area contributed by atoms with Crippen molar-refractivity contribution in [2.75, 3.05) is 40.5 Å². The SMILES string of the molecule is COCCNCC(=O)OCCC(C)(C)OC. The third-order valence-corrected chi connectivity index (χ3v) is 2.27. The summed E-state index contributed by atoms with van der Waals surface area (Å²) in [4.78, 5) is 11.2. The van der Waals surface area contributed by atoms with Crippen molar-refractivity contribution in [3.8, 4) is 0 Å². The van der Waals surface area contributed by atoms with Crippen LogP contribution in [0.2, 0.25) is 0 Å². The Labute approximate surface area is 97.4 Å². The molecular weight excluding hydrogens is 210 g/mol. The van der Waals surface area contributed by atoms with Gasteiger partial charge in [-0.1, -0.05) is 0 Å². The van der Waals surface area contributed by atoms with Gasteiger partial charge in [0.05, 0.1) is 25.4 Å². The van der Waals surface area contributed by atoms with Gasteiger partial charge in [-0.05, 0) is 13.8 Å². The predicted molar refractivity (Wildman–Crippen MR) is 61.4 cm³/mol. The van der Waals surface area contributed by atoms with Crippen LogP contribution in [0.5, 0.6) is 0 Å². The lowest BCUT2D eigenvalue weighted by molar-refractivity contribution is -0.144. The van der Waals surface area contributed by atoms with E-state index in [1.807, 2.05) is 13.8 Å². The Morgan fingerprint density at radius 1 is 1.25 bits per heavy atom. The van der Waals surface area contributed by atoms with Crippen molar-refractivity contribution in [2.45, 2.75) is 25.9 Å². The zero-order valence-electron chi connectivity index (χ0n) is 10.7. The number of ether oxygens (including phenoxy) is 3. The molecule has 0 aliphatic carbocycles. The molecule has 0 fully saturated rings. The second-order valence-electron chi connectivity index (χ2n) is 4.10. The van der Waals surface area contributed by atoms with Gasteiger partial charge in [0.1, 0.15) is 0 Å². The Morgan fingerprint density at radius 2 is 1.94 bits per heavy atom. The third kappa shape index (κ3) is 8.64. The monoisotopic (exact) mass is 233 g/mol. The maximum absolute atomic E-state index is 11.2. The highest BCUT2D eigenvalue weighted by Crippen LogP contribution is 2.12. The Balaban J connectivity index is 3.44. The molecule has 0 heterocycles. The number of esters is 1. The molecule has 0 saturated heterocycles. The molecule has 0 aromatic carbocycles. The molecule has 5 nitrogen and oxygen atoms in total. The van der Waals surface area contributed by atoms with Gasteiger partial charge in [-0.2, -0.15) is 0 Å². The second-order valence-corrected chi connectivity index (χ2v) is 4.10. The summed E-state index contributed by atoms with van der Waals surface area (Å²) in [5.74, 6) is -0.247. The Bertz CT molecular complexity index is 194. The second kappa shape index (κ2) is 8.50. The molecule has 0 atom stereocenters. The summed E-state index contributed by atoms with van der Waals surface area (Å²) in [6.45, 7) is 5.75. The average molecular weight is 233 g/mol. The molecule has 16 heavy (non-hydrogen) atoms. The van der Waals surface area contributed by atoms with Crippen LogP contribution in [0.3, 0.4) is 0 Å². The zero-order chi connectivity index (χ0) is 12.4. The van der Waals surface area contributed by atoms with E-state index in [0.717, 1.165) is 0 Å². The molecular formula is C11H23NO4. The summed E-state index contributed by atoms with van der Waals surface area (Å²) in [5.41, 5.74) is -0.246. The molecule has 0 rings (SSSR count). The molecule has 0 aliphatic rings. The van der Waals surface area contributed by atoms with E-state index in [4.69, 9.17) is 14.2 Å². The molecule has 0 aromatic heterocycles. The van der Waals surface area contributed by atoms with Gasteiger partial charge in [0, 0.05) is 27.2 Å². The lowest BCUT2D eigenvalue weighted by atomic mass is 10.1. The largest absolute Gasteiger partial charge is 0.465 e. The molecule has 1 N–H and O–H groups in total. The van der Waals surface area contributed by atoms with Gasteiger partial charge in [-0.25, -0.2) is 0 Å². The van der Waals surface area contributed by atoms with E-state index in [0.29, 0.717) is 26.2 Å². The van der Waals surface area contributed by atoms with Gasteiger partial charge >= 0.3 is 5.97 Å². The Kier molecular flexibility index (Phi) is 8.15. The molecule has 0 aliphatic heterocycles. The van der Waals surface area contributed by atoms with Crippen LogP contribution < -0.4 is 5.32 Å². The van der Waals surface area contributed by atoms with E-state index in [2.05, 4.69) is 5.32 Å². The van der Waals surface area contributed by atoms with Crippen molar-refractivity contribution >= 4 is 5.97 Å². The minimum atomic E-state index is -0.247. The molecule has 0 unspecified atom stereocenters. The van der Waals surface area contributed by atoms with Crippen molar-refractivity contribution in [3.05, 3.63) is 0 Å². The van der Waals surface area contributed by atoms with Crippen LogP contribution in [-0.4, -0.2) is 52.1 Å². The zero-order valence-corrected chi connectivity index (χ0v) is 10.7. The van der Waals surface area contributed by atoms with Crippen LogP contribution in [0, 0.1) is 0 Å². The predicted octanol–water partition coefficient (Wildman–Crippen LogP) is 0.581. The first-order chi connectivity index (χ1) is 7.52. The van der Waals surface area contributed by atoms with E-state index >= 15 is 0 Å². The van der Waals surface area contributed by atoms with Gasteiger partial charge in [0.25, 0.3) is 0 Å². The quantitative estimate of drug-likeness (QED) is 0.466. The smallest absolute Gasteiger partial charge is 0.319 e. The molecule has 0 aromatic rings. The first kappa shape index (κ1) is 15.3. The number of rotatable bonds is 9. The average Bonchev–Trinajstić information content (AvgIpc) is 2.24. The summed E-state index contributed by atoms with van der Waals surface area (Å²) in [6.07, 6.45) is 0.688. The van der Waals surface area contributed by atoms with Crippen molar-refractivity contribution in [1.29, 1.82) is 0 Å². The lowest BCUT2D eigenvalue weighted by Crippen LogP contribution is -2.30. The van der Waals surface area contributed by atoms with Crippen molar-refractivity contribution in [1.82, 2.24) is 5.32 Å². The van der Waals surface area contributed by atoms with Gasteiger partial charge in [0.15, 0.2) is 0 Å². The molecule has 5 heteroatoms. The highest BCUT2D eigenvalue weighted by atomic mass is 16.5. The molecule has 96 valence electrons. The summed E-state index contributed by atoms with van der Waals surface area (Å²) < 4.78 is 15.1. The molecule has 0 saturated carbocycles. The normalized spacial score (nSPS) is 11.5. The Hall–Kier alpha value is -0.650. The maximum atomic E-state index is 11.2. The van der Waals surface area contributed by atoms with E-state index in [1.54, 1.807) is 14.2 Å². The van der Waals surface area contributed by atoms with Crippen LogP contribution in [0.4, 0.5) is 0 Å². The summed E-state index contributed by atoms with van der Waals surface area (Å²) >= 11 is 0. The van der Waals surface area contributed by atoms with Crippen LogP contribution in [0.1, 0.15) is 20.3 Å². The highest BCUT2D eigenvalue weighted by molar-refractivity contribution is 5.71. The summed E-state index contributed by atoms with van der Waals surface area (Å²) in [5, 5.41) is 2.92. The van der Waals surface area contributed by atoms with E-state index < -0.39 is 0 Å². The van der Waals surface area contributed by atoms with Gasteiger partial charge in [0.2, 0.25) is 0 Å². The van der Waals surface area contributed by atoms with Crippen molar-refractivity contribution in [3.63, 3.8) is 0 Å². The fourth-order valence-corrected chi connectivity index (χ4v) is 0.928. The molecule has 0 spiro atoms. The summed E-state index contributed by atoms with van der Waals surface area (Å²) in [7, 11) is 3.26. The van der Waals surface area contributed by atoms with Crippen molar-refractivity contribution < 1.29 is 19.0 Å². The lowest BCUT2D eigenvalue weighted by Gasteiger charge is -2.22. The number of nitrogens with one attached hydrogen (secondary N) is 1. The first-order valence-electron chi connectivity index (χ1n) is 5.42. The van der Waals surface area contributed by atoms with Gasteiger partial charge in [-0.15, -0.1) is 0 Å². The van der Waals surface area contributed by atoms with Gasteiger partial charge < -0.3 is 19.5 Å². The van der Waals surface area contributed by atoms with E-state index in [-0.39, 0.29) is 18.1 Å². The van der Waals surface area contributed by atoms with Crippen LogP contribution in [0.15, 0.2) is 0 Å². The van der Waals surface area contributed by atoms with E-state index in [1.165, 1.54) is 0 Å². The minimum Gasteiger partial charge on any atom is -0.465 e. The van der Waals surface area contributed by atoms with Crippen LogP contribution in [0.25, 0.3) is 0 Å². The Morgan fingerprint density at radius 3 is 2.50 bits per heavy atom. The minimum absolute atomic E-state index is 0.219. The maximum Gasteiger partial charge on any atom is 0.319 e. The molecule has 0 bridgehead atoms. The van der Waals surface area contributed by atoms with Gasteiger partial charge in [-0.3, -0.25) is 4.79 Å². The number of hydrogen-bond acceptors (Lipinski definition) is 5. The number of hydrogen-bond donors (Lipinski definition) is 1. The van der Waals surface area contributed by atoms with Crippen LogP contribution in [-0.2, 0) is 19.0 Å². The van der Waals surface area contributed by atoms with Crippen LogP contribution >= 0.6 is 0 Å². The fraction of sp³-hybridized carbons (Fsp3) is 0.909. The number of methoxy groups -OCH3 is 2.